The SMILES string of the molecule is CC(C)c1cc(C(=O)N2Cc3ccc(CN4CCN(CCCCCNC(=O)c5ccc(-c6c7ccc(=[N+](C)C)cc-7oc7cc(N(C)C)ccc67)c(C(=O)[O-])c5)CC4)cc3C2)c(O)cc1O. The van der Waals surface area contributed by atoms with E-state index in [0.717, 1.165) is 91.7 Å². The summed E-state index contributed by atoms with van der Waals surface area (Å²) < 4.78 is 8.40. The molecule has 3 aliphatic heterocycles. The van der Waals surface area contributed by atoms with Gasteiger partial charge in [0.25, 0.3) is 11.8 Å². The van der Waals surface area contributed by atoms with E-state index in [1.807, 2.05) is 87.9 Å². The minimum atomic E-state index is -1.36. The maximum atomic E-state index is 13.5. The number of unbranched alkanes of at least 4 members (excludes halogenated alkanes) is 2. The van der Waals surface area contributed by atoms with Crippen molar-refractivity contribution in [3.8, 4) is 33.9 Å². The van der Waals surface area contributed by atoms with Gasteiger partial charge in [-0.25, -0.2) is 4.58 Å². The lowest BCUT2D eigenvalue weighted by Gasteiger charge is -2.34. The van der Waals surface area contributed by atoms with Gasteiger partial charge in [0.2, 0.25) is 5.36 Å². The summed E-state index contributed by atoms with van der Waals surface area (Å²) in [5.41, 5.74) is 7.96. The number of amides is 2. The lowest BCUT2D eigenvalue weighted by Crippen LogP contribution is -2.46. The molecule has 3 heterocycles. The first-order valence-corrected chi connectivity index (χ1v) is 22.9. The Bertz CT molecular complexity index is 2850. The highest BCUT2D eigenvalue weighted by molar-refractivity contribution is 6.09. The van der Waals surface area contributed by atoms with E-state index in [4.69, 9.17) is 4.42 Å². The molecular weight excluding hydrogens is 833 g/mol. The van der Waals surface area contributed by atoms with Gasteiger partial charge in [0.05, 0.1) is 17.6 Å². The molecule has 4 aliphatic rings. The van der Waals surface area contributed by atoms with Crippen LogP contribution in [0, 0.1) is 0 Å². The number of rotatable bonds is 14. The topological polar surface area (TPSA) is 156 Å². The fourth-order valence-corrected chi connectivity index (χ4v) is 9.24. The van der Waals surface area contributed by atoms with E-state index in [9.17, 15) is 29.7 Å². The van der Waals surface area contributed by atoms with E-state index in [0.29, 0.717) is 47.7 Å². The van der Waals surface area contributed by atoms with Crippen LogP contribution in [0.1, 0.15) is 92.4 Å². The van der Waals surface area contributed by atoms with Gasteiger partial charge in [-0.05, 0) is 89.5 Å². The van der Waals surface area contributed by atoms with Crippen LogP contribution in [0.15, 0.2) is 89.3 Å². The number of carboxylic acid groups (broad SMARTS) is 1. The molecule has 3 N–H and O–H groups in total. The van der Waals surface area contributed by atoms with Crippen molar-refractivity contribution in [2.75, 3.05) is 72.4 Å². The molecule has 1 saturated heterocycles. The second-order valence-corrected chi connectivity index (χ2v) is 18.5. The maximum Gasteiger partial charge on any atom is 0.258 e. The van der Waals surface area contributed by atoms with Crippen LogP contribution >= 0.6 is 0 Å². The molecule has 4 aromatic rings. The Balaban J connectivity index is 0.809. The molecule has 0 spiro atoms. The number of hydrogen-bond acceptors (Lipinski definition) is 10. The number of phenols is 2. The summed E-state index contributed by atoms with van der Waals surface area (Å²) >= 11 is 0. The summed E-state index contributed by atoms with van der Waals surface area (Å²) in [4.78, 5) is 48.2. The van der Waals surface area contributed by atoms with Crippen molar-refractivity contribution in [1.29, 1.82) is 0 Å². The lowest BCUT2D eigenvalue weighted by molar-refractivity contribution is -0.254. The van der Waals surface area contributed by atoms with Crippen molar-refractivity contribution in [2.24, 2.45) is 0 Å². The number of carbonyl (C=O) groups excluding carboxylic acids is 3. The Morgan fingerprint density at radius 1 is 0.788 bits per heavy atom. The molecule has 2 amide bonds. The van der Waals surface area contributed by atoms with Crippen LogP contribution in [0.3, 0.4) is 0 Å². The van der Waals surface area contributed by atoms with Gasteiger partial charge in [-0.15, -0.1) is 0 Å². The number of fused-ring (bicyclic) bond motifs is 3. The fourth-order valence-electron chi connectivity index (χ4n) is 9.24. The number of nitrogens with one attached hydrogen (secondary N) is 1. The van der Waals surface area contributed by atoms with Gasteiger partial charge in [-0.3, -0.25) is 14.5 Å². The highest BCUT2D eigenvalue weighted by atomic mass is 16.4. The summed E-state index contributed by atoms with van der Waals surface area (Å²) in [6.45, 7) is 11.0. The van der Waals surface area contributed by atoms with E-state index >= 15 is 0 Å². The molecule has 0 unspecified atom stereocenters. The number of benzene rings is 5. The molecule has 8 rings (SSSR count). The van der Waals surface area contributed by atoms with Gasteiger partial charge >= 0.3 is 0 Å². The second-order valence-electron chi connectivity index (χ2n) is 18.5. The number of hydrogen-bond donors (Lipinski definition) is 3. The molecule has 13 nitrogen and oxygen atoms in total. The summed E-state index contributed by atoms with van der Waals surface area (Å²) in [5, 5.41) is 38.2. The third-order valence-corrected chi connectivity index (χ3v) is 13.1. The van der Waals surface area contributed by atoms with E-state index in [1.165, 1.54) is 17.7 Å². The molecule has 0 radical (unpaired) electrons. The smallest absolute Gasteiger partial charge is 0.258 e. The quantitative estimate of drug-likeness (QED) is 0.0667. The number of carbonyl (C=O) groups is 3. The second kappa shape index (κ2) is 19.4. The van der Waals surface area contributed by atoms with Crippen molar-refractivity contribution in [3.05, 3.63) is 129 Å². The molecule has 1 fully saturated rings. The van der Waals surface area contributed by atoms with E-state index < -0.39 is 5.97 Å². The number of anilines is 1. The summed E-state index contributed by atoms with van der Waals surface area (Å²) in [6.07, 6.45) is 2.77. The van der Waals surface area contributed by atoms with Crippen molar-refractivity contribution >= 4 is 34.4 Å². The van der Waals surface area contributed by atoms with Crippen LogP contribution < -0.4 is 25.3 Å². The average Bonchev–Trinajstić information content (AvgIpc) is 3.72. The van der Waals surface area contributed by atoms with E-state index in [2.05, 4.69) is 33.3 Å². The first-order chi connectivity index (χ1) is 31.6. The first kappa shape index (κ1) is 45.9. The molecule has 0 aromatic heterocycles. The Hall–Kier alpha value is -6.70. The zero-order valence-electron chi connectivity index (χ0n) is 38.8. The monoisotopic (exact) mass is 892 g/mol. The molecule has 344 valence electrons. The number of nitrogens with zero attached hydrogens (tertiary/aromatic N) is 5. The predicted molar refractivity (Wildman–Crippen MR) is 256 cm³/mol. The van der Waals surface area contributed by atoms with E-state index in [-0.39, 0.29) is 45.9 Å². The van der Waals surface area contributed by atoms with Crippen molar-refractivity contribution < 1.29 is 34.1 Å². The molecule has 1 aliphatic carbocycles. The highest BCUT2D eigenvalue weighted by Crippen LogP contribution is 2.42. The van der Waals surface area contributed by atoms with Crippen LogP contribution in [0.25, 0.3) is 33.4 Å². The van der Waals surface area contributed by atoms with Gasteiger partial charge in [0.1, 0.15) is 36.9 Å². The first-order valence-electron chi connectivity index (χ1n) is 22.9. The Kier molecular flexibility index (Phi) is 13.5. The van der Waals surface area contributed by atoms with Gasteiger partial charge < -0.3 is 44.5 Å². The molecule has 13 heteroatoms. The van der Waals surface area contributed by atoms with Gasteiger partial charge in [-0.1, -0.05) is 44.5 Å². The standard InChI is InChI=1S/C53H60N6O7/c1-33(2)43-28-45(47(61)29-46(43)60)52(63)59-31-36-11-10-34(24-37(36)32-59)30-58-22-20-57(21-23-58)19-9-7-8-18-54-51(62)35-12-15-40(44(25-35)53(64)65)50-41-16-13-38(55(3)4)26-48(41)66-49-27-39(56(5)6)14-17-42(49)50/h10-17,24-29,33H,7-9,18-23,30-32H2,1-6H3,(H3-,54,60,61,62,63,64,65). The lowest BCUT2D eigenvalue weighted by atomic mass is 9.89. The van der Waals surface area contributed by atoms with Crippen LogP contribution in [-0.2, 0) is 19.6 Å². The molecule has 4 aromatic carbocycles. The molecular formula is C53H60N6O7. The Morgan fingerprint density at radius 2 is 1.53 bits per heavy atom. The molecule has 0 saturated carbocycles. The third kappa shape index (κ3) is 9.78. The van der Waals surface area contributed by atoms with Crippen LogP contribution in [0.2, 0.25) is 0 Å². The van der Waals surface area contributed by atoms with Gasteiger partial charge in [0.15, 0.2) is 0 Å². The highest BCUT2D eigenvalue weighted by Gasteiger charge is 2.28. The maximum absolute atomic E-state index is 13.5. The van der Waals surface area contributed by atoms with Crippen molar-refractivity contribution in [1.82, 2.24) is 24.6 Å². The fraction of sp³-hybridized carbons (Fsp3) is 0.358. The Morgan fingerprint density at radius 3 is 2.26 bits per heavy atom. The van der Waals surface area contributed by atoms with Crippen molar-refractivity contribution in [3.63, 3.8) is 0 Å². The molecule has 0 atom stereocenters. The van der Waals surface area contributed by atoms with Crippen LogP contribution in [-0.4, -0.2) is 110 Å². The van der Waals surface area contributed by atoms with Gasteiger partial charge in [0, 0.05) is 118 Å². The number of aromatic carboxylic acids is 1. The molecule has 66 heavy (non-hydrogen) atoms. The zero-order valence-corrected chi connectivity index (χ0v) is 38.8. The summed E-state index contributed by atoms with van der Waals surface area (Å²) in [6, 6.07) is 25.8. The van der Waals surface area contributed by atoms with Gasteiger partial charge in [-0.2, -0.15) is 0 Å². The normalized spacial score (nSPS) is 14.3. The Labute approximate surface area is 386 Å². The number of phenolic OH excluding ortho intramolecular Hbond substituents is 2. The largest absolute Gasteiger partial charge is 0.545 e. The van der Waals surface area contributed by atoms with Crippen LogP contribution in [0.4, 0.5) is 5.69 Å². The number of piperazine rings is 1. The average molecular weight is 893 g/mol. The molecule has 0 bridgehead atoms. The van der Waals surface area contributed by atoms with Crippen LogP contribution in [0.5, 0.6) is 11.5 Å². The summed E-state index contributed by atoms with van der Waals surface area (Å²) in [7, 11) is 7.81. The predicted octanol–water partition coefficient (Wildman–Crippen LogP) is 6.07. The zero-order chi connectivity index (χ0) is 46.8. The summed E-state index contributed by atoms with van der Waals surface area (Å²) in [5.74, 6) is -1.52. The van der Waals surface area contributed by atoms with Crippen molar-refractivity contribution in [2.45, 2.75) is 58.7 Å². The van der Waals surface area contributed by atoms with E-state index in [1.54, 1.807) is 23.1 Å². The minimum absolute atomic E-state index is 0.00527. The number of carboxylic acids is 1. The minimum Gasteiger partial charge on any atom is -0.545 e. The third-order valence-electron chi connectivity index (χ3n) is 13.1. The number of aromatic hydroxyl groups is 2.